The van der Waals surface area contributed by atoms with Gasteiger partial charge in [-0.15, -0.1) is 0 Å². The van der Waals surface area contributed by atoms with Gasteiger partial charge in [0.1, 0.15) is 5.60 Å². The number of carbonyl (C=O) groups excluding carboxylic acids is 1. The molecule has 138 valence electrons. The Hall–Kier alpha value is -2.69. The average molecular weight is 353 g/mol. The van der Waals surface area contributed by atoms with Gasteiger partial charge < -0.3 is 20.3 Å². The first-order chi connectivity index (χ1) is 12.3. The molecule has 0 unspecified atom stereocenters. The molecule has 2 aromatic rings. The first kappa shape index (κ1) is 18.1. The number of ether oxygens (including phenoxy) is 1. The predicted octanol–water partition coefficient (Wildman–Crippen LogP) is 3.99. The second kappa shape index (κ2) is 7.28. The van der Waals surface area contributed by atoms with E-state index in [1.807, 2.05) is 45.0 Å². The van der Waals surface area contributed by atoms with Crippen molar-refractivity contribution in [2.24, 2.45) is 0 Å². The van der Waals surface area contributed by atoms with Gasteiger partial charge in [0, 0.05) is 37.6 Å². The molecule has 0 atom stereocenters. The highest BCUT2D eigenvalue weighted by Gasteiger charge is 2.25. The number of piperazine rings is 1. The fraction of sp³-hybridized carbons (Fsp3) is 0.381. The molecule has 5 heteroatoms. The Morgan fingerprint density at radius 3 is 1.88 bits per heavy atom. The lowest BCUT2D eigenvalue weighted by Crippen LogP contribution is -2.50. The van der Waals surface area contributed by atoms with E-state index < -0.39 is 5.60 Å². The fourth-order valence-electron chi connectivity index (χ4n) is 3.01. The van der Waals surface area contributed by atoms with Gasteiger partial charge in [-0.05, 0) is 56.2 Å². The molecule has 26 heavy (non-hydrogen) atoms. The number of nitrogens with zero attached hydrogens (tertiary/aromatic N) is 2. The van der Waals surface area contributed by atoms with Crippen LogP contribution in [0.3, 0.4) is 0 Å². The second-order valence-corrected chi connectivity index (χ2v) is 7.62. The molecule has 1 fully saturated rings. The second-order valence-electron chi connectivity index (χ2n) is 7.62. The third-order valence-corrected chi connectivity index (χ3v) is 4.41. The highest BCUT2D eigenvalue weighted by atomic mass is 16.6. The lowest BCUT2D eigenvalue weighted by atomic mass is 10.0. The maximum absolute atomic E-state index is 12.2. The Labute approximate surface area is 155 Å². The number of anilines is 2. The molecular weight excluding hydrogens is 326 g/mol. The summed E-state index contributed by atoms with van der Waals surface area (Å²) >= 11 is 0. The summed E-state index contributed by atoms with van der Waals surface area (Å²) < 4.78 is 5.45. The van der Waals surface area contributed by atoms with Gasteiger partial charge in [0.05, 0.1) is 0 Å². The number of nitrogens with two attached hydrogens (primary N) is 1. The van der Waals surface area contributed by atoms with Gasteiger partial charge in [-0.25, -0.2) is 4.79 Å². The Morgan fingerprint density at radius 2 is 1.38 bits per heavy atom. The van der Waals surface area contributed by atoms with Crippen LogP contribution in [0.15, 0.2) is 48.5 Å². The molecule has 5 nitrogen and oxygen atoms in total. The van der Waals surface area contributed by atoms with Gasteiger partial charge in [-0.1, -0.05) is 24.3 Å². The molecular formula is C21H27N3O2. The van der Waals surface area contributed by atoms with E-state index in [2.05, 4.69) is 29.2 Å². The van der Waals surface area contributed by atoms with Crippen LogP contribution in [0.1, 0.15) is 20.8 Å². The van der Waals surface area contributed by atoms with Crippen molar-refractivity contribution in [2.75, 3.05) is 36.8 Å². The lowest BCUT2D eigenvalue weighted by molar-refractivity contribution is 0.0240. The third-order valence-electron chi connectivity index (χ3n) is 4.41. The van der Waals surface area contributed by atoms with Gasteiger partial charge in [0.25, 0.3) is 0 Å². The average Bonchev–Trinajstić information content (AvgIpc) is 2.61. The van der Waals surface area contributed by atoms with Crippen LogP contribution in [0.4, 0.5) is 16.2 Å². The van der Waals surface area contributed by atoms with Crippen LogP contribution < -0.4 is 10.6 Å². The first-order valence-corrected chi connectivity index (χ1v) is 9.01. The summed E-state index contributed by atoms with van der Waals surface area (Å²) in [5, 5.41) is 0. The number of benzene rings is 2. The molecule has 2 aromatic carbocycles. The van der Waals surface area contributed by atoms with Gasteiger partial charge in [0.2, 0.25) is 0 Å². The van der Waals surface area contributed by atoms with Crippen molar-refractivity contribution in [3.05, 3.63) is 48.5 Å². The Bertz CT molecular complexity index is 740. The van der Waals surface area contributed by atoms with E-state index in [4.69, 9.17) is 10.5 Å². The van der Waals surface area contributed by atoms with E-state index in [0.717, 1.165) is 24.3 Å². The molecule has 2 N–H and O–H groups in total. The summed E-state index contributed by atoms with van der Waals surface area (Å²) in [5.74, 6) is 0. The molecule has 0 saturated carbocycles. The summed E-state index contributed by atoms with van der Waals surface area (Å²) in [7, 11) is 0. The Morgan fingerprint density at radius 1 is 0.885 bits per heavy atom. The molecule has 0 aromatic heterocycles. The maximum atomic E-state index is 12.2. The zero-order valence-corrected chi connectivity index (χ0v) is 15.7. The van der Waals surface area contributed by atoms with Crippen molar-refractivity contribution in [1.29, 1.82) is 0 Å². The van der Waals surface area contributed by atoms with Crippen LogP contribution in [0.5, 0.6) is 0 Å². The van der Waals surface area contributed by atoms with E-state index >= 15 is 0 Å². The Balaban J connectivity index is 1.59. The van der Waals surface area contributed by atoms with Crippen LogP contribution in [0.25, 0.3) is 11.1 Å². The summed E-state index contributed by atoms with van der Waals surface area (Å²) in [4.78, 5) is 16.2. The minimum Gasteiger partial charge on any atom is -0.444 e. The summed E-state index contributed by atoms with van der Waals surface area (Å²) in [6.07, 6.45) is -0.226. The highest BCUT2D eigenvalue weighted by Crippen LogP contribution is 2.25. The standard InChI is InChI=1S/C21H27N3O2/c1-21(2,3)26-20(25)24-14-12-23(13-15-24)19-10-6-17(7-11-19)16-4-8-18(22)9-5-16/h4-11H,12-15,22H2,1-3H3. The zero-order chi connectivity index (χ0) is 18.7. The summed E-state index contributed by atoms with van der Waals surface area (Å²) in [6, 6.07) is 16.4. The number of rotatable bonds is 2. The molecule has 1 aliphatic rings. The largest absolute Gasteiger partial charge is 0.444 e. The summed E-state index contributed by atoms with van der Waals surface area (Å²) in [5.41, 5.74) is 9.56. The molecule has 0 spiro atoms. The number of hydrogen-bond acceptors (Lipinski definition) is 4. The van der Waals surface area contributed by atoms with Gasteiger partial charge in [-0.3, -0.25) is 0 Å². The summed E-state index contributed by atoms with van der Waals surface area (Å²) in [6.45, 7) is 8.64. The van der Waals surface area contributed by atoms with E-state index in [-0.39, 0.29) is 6.09 Å². The SMILES string of the molecule is CC(C)(C)OC(=O)N1CCN(c2ccc(-c3ccc(N)cc3)cc2)CC1. The zero-order valence-electron chi connectivity index (χ0n) is 15.7. The minimum absolute atomic E-state index is 0.226. The third kappa shape index (κ3) is 4.48. The van der Waals surface area contributed by atoms with Crippen molar-refractivity contribution in [3.8, 4) is 11.1 Å². The maximum Gasteiger partial charge on any atom is 0.410 e. The van der Waals surface area contributed by atoms with Crippen LogP contribution in [0, 0.1) is 0 Å². The van der Waals surface area contributed by atoms with Crippen molar-refractivity contribution in [1.82, 2.24) is 4.90 Å². The fourth-order valence-corrected chi connectivity index (χ4v) is 3.01. The van der Waals surface area contributed by atoms with Crippen molar-refractivity contribution in [3.63, 3.8) is 0 Å². The molecule has 1 aliphatic heterocycles. The van der Waals surface area contributed by atoms with E-state index in [0.29, 0.717) is 13.1 Å². The van der Waals surface area contributed by atoms with E-state index in [9.17, 15) is 4.79 Å². The van der Waals surface area contributed by atoms with Gasteiger partial charge in [-0.2, -0.15) is 0 Å². The molecule has 3 rings (SSSR count). The van der Waals surface area contributed by atoms with Gasteiger partial charge in [0.15, 0.2) is 0 Å². The van der Waals surface area contributed by atoms with E-state index in [1.54, 1.807) is 4.90 Å². The first-order valence-electron chi connectivity index (χ1n) is 9.01. The topological polar surface area (TPSA) is 58.8 Å². The number of carbonyl (C=O) groups is 1. The number of nitrogen functional groups attached to an aromatic ring is 1. The van der Waals surface area contributed by atoms with Crippen molar-refractivity contribution >= 4 is 17.5 Å². The quantitative estimate of drug-likeness (QED) is 0.829. The monoisotopic (exact) mass is 353 g/mol. The van der Waals surface area contributed by atoms with Gasteiger partial charge >= 0.3 is 6.09 Å². The van der Waals surface area contributed by atoms with Crippen molar-refractivity contribution < 1.29 is 9.53 Å². The molecule has 1 heterocycles. The van der Waals surface area contributed by atoms with E-state index in [1.165, 1.54) is 11.3 Å². The van der Waals surface area contributed by atoms with Crippen molar-refractivity contribution in [2.45, 2.75) is 26.4 Å². The molecule has 1 amide bonds. The molecule has 0 aliphatic carbocycles. The van der Waals surface area contributed by atoms with Crippen LogP contribution >= 0.6 is 0 Å². The Kier molecular flexibility index (Phi) is 5.07. The predicted molar refractivity (Wildman–Crippen MR) is 106 cm³/mol. The van der Waals surface area contributed by atoms with Crippen LogP contribution in [-0.4, -0.2) is 42.8 Å². The molecule has 0 radical (unpaired) electrons. The molecule has 1 saturated heterocycles. The van der Waals surface area contributed by atoms with Crippen LogP contribution in [0.2, 0.25) is 0 Å². The number of amides is 1. The smallest absolute Gasteiger partial charge is 0.410 e. The normalized spacial score (nSPS) is 15.0. The molecule has 0 bridgehead atoms. The highest BCUT2D eigenvalue weighted by molar-refractivity contribution is 5.70. The van der Waals surface area contributed by atoms with Crippen LogP contribution in [-0.2, 0) is 4.74 Å². The minimum atomic E-state index is -0.452. The lowest BCUT2D eigenvalue weighted by Gasteiger charge is -2.36. The number of hydrogen-bond donors (Lipinski definition) is 1.